The second kappa shape index (κ2) is 3.34. The van der Waals surface area contributed by atoms with E-state index in [9.17, 15) is 0 Å². The van der Waals surface area contributed by atoms with E-state index in [4.69, 9.17) is 5.73 Å². The normalized spacial score (nSPS) is 29.5. The molecule has 15 heavy (non-hydrogen) atoms. The van der Waals surface area contributed by atoms with Gasteiger partial charge in [-0.25, -0.2) is 0 Å². The Morgan fingerprint density at radius 2 is 2.27 bits per heavy atom. The first-order valence-electron chi connectivity index (χ1n) is 6.08. The van der Waals surface area contributed by atoms with Crippen molar-refractivity contribution in [2.45, 2.75) is 44.4 Å². The fraction of sp³-hybridized carbons (Fsp3) is 0.750. The van der Waals surface area contributed by atoms with Gasteiger partial charge in [0, 0.05) is 11.6 Å². The number of H-pyrrole nitrogens is 1. The molecule has 0 spiro atoms. The molecule has 2 atom stereocenters. The van der Waals surface area contributed by atoms with Gasteiger partial charge in [-0.05, 0) is 49.6 Å². The molecule has 0 radical (unpaired) electrons. The predicted molar refractivity (Wildman–Crippen MR) is 59.8 cm³/mol. The average Bonchev–Trinajstić information content (AvgIpc) is 2.91. The number of nitrogens with two attached hydrogens (primary N) is 1. The summed E-state index contributed by atoms with van der Waals surface area (Å²) in [6, 6.07) is 0. The molecule has 1 aromatic rings. The smallest absolute Gasteiger partial charge is 0.0690 e. The van der Waals surface area contributed by atoms with E-state index < -0.39 is 0 Å². The molecular weight excluding hydrogens is 186 g/mol. The lowest BCUT2D eigenvalue weighted by Gasteiger charge is -2.16. The van der Waals surface area contributed by atoms with Crippen molar-refractivity contribution < 1.29 is 0 Å². The third-order valence-electron chi connectivity index (χ3n) is 3.94. The summed E-state index contributed by atoms with van der Waals surface area (Å²) in [5.74, 6) is 2.17. The molecule has 1 aromatic heterocycles. The Morgan fingerprint density at radius 3 is 2.93 bits per heavy atom. The molecule has 3 rings (SSSR count). The van der Waals surface area contributed by atoms with Gasteiger partial charge in [0.2, 0.25) is 0 Å². The summed E-state index contributed by atoms with van der Waals surface area (Å²) >= 11 is 0. The van der Waals surface area contributed by atoms with Crippen molar-refractivity contribution in [2.24, 2.45) is 11.7 Å². The quantitative estimate of drug-likeness (QED) is 0.792. The number of hydrogen-bond acceptors (Lipinski definition) is 2. The summed E-state index contributed by atoms with van der Waals surface area (Å²) < 4.78 is 0. The lowest BCUT2D eigenvalue weighted by molar-refractivity contribution is 0.468. The zero-order chi connectivity index (χ0) is 10.4. The monoisotopic (exact) mass is 205 g/mol. The molecule has 2 aliphatic rings. The lowest BCUT2D eigenvalue weighted by atomic mass is 9.89. The first-order chi connectivity index (χ1) is 7.31. The van der Waals surface area contributed by atoms with Crippen LogP contribution in [0.5, 0.6) is 0 Å². The third kappa shape index (κ3) is 1.41. The van der Waals surface area contributed by atoms with Crippen LogP contribution >= 0.6 is 0 Å². The summed E-state index contributed by atoms with van der Waals surface area (Å²) in [7, 11) is 0. The predicted octanol–water partition coefficient (Wildman–Crippen LogP) is 1.91. The minimum Gasteiger partial charge on any atom is -0.330 e. The molecule has 0 aromatic carbocycles. The molecule has 3 nitrogen and oxygen atoms in total. The Labute approximate surface area is 90.4 Å². The standard InChI is InChI=1S/C12H19N3/c1-7-6-10-11(9(7)4-5-13)12(15-14-10)8-2-3-8/h7-9H,2-6,13H2,1H3,(H,14,15). The largest absolute Gasteiger partial charge is 0.330 e. The van der Waals surface area contributed by atoms with Crippen LogP contribution in [-0.4, -0.2) is 16.7 Å². The highest BCUT2D eigenvalue weighted by Gasteiger charge is 2.38. The summed E-state index contributed by atoms with van der Waals surface area (Å²) in [4.78, 5) is 0. The minimum atomic E-state index is 0.666. The average molecular weight is 205 g/mol. The Morgan fingerprint density at radius 1 is 1.47 bits per heavy atom. The maximum atomic E-state index is 5.71. The topological polar surface area (TPSA) is 54.7 Å². The van der Waals surface area contributed by atoms with Crippen LogP contribution in [0.3, 0.4) is 0 Å². The van der Waals surface area contributed by atoms with Gasteiger partial charge in [-0.2, -0.15) is 5.10 Å². The zero-order valence-electron chi connectivity index (χ0n) is 9.29. The number of fused-ring (bicyclic) bond motifs is 1. The van der Waals surface area contributed by atoms with E-state index in [-0.39, 0.29) is 0 Å². The van der Waals surface area contributed by atoms with Gasteiger partial charge < -0.3 is 5.73 Å². The van der Waals surface area contributed by atoms with E-state index >= 15 is 0 Å². The van der Waals surface area contributed by atoms with Crippen LogP contribution in [0.15, 0.2) is 0 Å². The Balaban J connectivity index is 1.96. The first kappa shape index (κ1) is 9.40. The van der Waals surface area contributed by atoms with Crippen molar-refractivity contribution in [2.75, 3.05) is 6.54 Å². The molecule has 0 bridgehead atoms. The van der Waals surface area contributed by atoms with E-state index in [2.05, 4.69) is 17.1 Å². The number of rotatable bonds is 3. The van der Waals surface area contributed by atoms with Gasteiger partial charge in [0.05, 0.1) is 5.69 Å². The fourth-order valence-electron chi connectivity index (χ4n) is 3.00. The number of aromatic amines is 1. The van der Waals surface area contributed by atoms with Crippen molar-refractivity contribution in [3.63, 3.8) is 0 Å². The second-order valence-electron chi connectivity index (χ2n) is 5.14. The zero-order valence-corrected chi connectivity index (χ0v) is 9.29. The highest BCUT2D eigenvalue weighted by molar-refractivity contribution is 5.38. The molecule has 0 amide bonds. The van der Waals surface area contributed by atoms with Gasteiger partial charge in [0.25, 0.3) is 0 Å². The molecule has 1 fully saturated rings. The minimum absolute atomic E-state index is 0.666. The number of hydrogen-bond donors (Lipinski definition) is 2. The maximum absolute atomic E-state index is 5.71. The third-order valence-corrected chi connectivity index (χ3v) is 3.94. The van der Waals surface area contributed by atoms with E-state index in [1.807, 2.05) is 0 Å². The van der Waals surface area contributed by atoms with Crippen LogP contribution < -0.4 is 5.73 Å². The van der Waals surface area contributed by atoms with Crippen molar-refractivity contribution in [3.05, 3.63) is 17.0 Å². The number of aromatic nitrogens is 2. The molecule has 1 heterocycles. The van der Waals surface area contributed by atoms with Crippen LogP contribution in [0.25, 0.3) is 0 Å². The number of nitrogens with zero attached hydrogens (tertiary/aromatic N) is 1. The number of nitrogens with one attached hydrogen (secondary N) is 1. The molecule has 2 aliphatic carbocycles. The summed E-state index contributed by atoms with van der Waals surface area (Å²) in [6.07, 6.45) is 4.95. The molecule has 0 aliphatic heterocycles. The van der Waals surface area contributed by atoms with Crippen LogP contribution in [0.2, 0.25) is 0 Å². The van der Waals surface area contributed by atoms with Gasteiger partial charge in [0.15, 0.2) is 0 Å². The van der Waals surface area contributed by atoms with Crippen molar-refractivity contribution >= 4 is 0 Å². The van der Waals surface area contributed by atoms with E-state index in [1.165, 1.54) is 36.2 Å². The van der Waals surface area contributed by atoms with Crippen LogP contribution in [-0.2, 0) is 6.42 Å². The fourth-order valence-corrected chi connectivity index (χ4v) is 3.00. The lowest BCUT2D eigenvalue weighted by Crippen LogP contribution is -2.11. The van der Waals surface area contributed by atoms with Crippen molar-refractivity contribution in [1.82, 2.24) is 10.2 Å². The van der Waals surface area contributed by atoms with Gasteiger partial charge >= 0.3 is 0 Å². The molecule has 1 saturated carbocycles. The Kier molecular flexibility index (Phi) is 2.09. The van der Waals surface area contributed by atoms with Crippen LogP contribution in [0.4, 0.5) is 0 Å². The van der Waals surface area contributed by atoms with Gasteiger partial charge in [-0.1, -0.05) is 6.92 Å². The van der Waals surface area contributed by atoms with Crippen molar-refractivity contribution in [3.8, 4) is 0 Å². The van der Waals surface area contributed by atoms with Crippen LogP contribution in [0, 0.1) is 5.92 Å². The molecule has 3 N–H and O–H groups in total. The highest BCUT2D eigenvalue weighted by Crippen LogP contribution is 2.48. The second-order valence-corrected chi connectivity index (χ2v) is 5.14. The molecule has 3 heteroatoms. The van der Waals surface area contributed by atoms with Gasteiger partial charge in [-0.3, -0.25) is 5.10 Å². The molecule has 82 valence electrons. The summed E-state index contributed by atoms with van der Waals surface area (Å²) in [5.41, 5.74) is 10.0. The van der Waals surface area contributed by atoms with E-state index in [1.54, 1.807) is 0 Å². The summed E-state index contributed by atoms with van der Waals surface area (Å²) in [5, 5.41) is 7.74. The Hall–Kier alpha value is -0.830. The van der Waals surface area contributed by atoms with E-state index in [0.717, 1.165) is 24.8 Å². The summed E-state index contributed by atoms with van der Waals surface area (Å²) in [6.45, 7) is 3.13. The maximum Gasteiger partial charge on any atom is 0.0690 e. The van der Waals surface area contributed by atoms with E-state index in [0.29, 0.717) is 5.92 Å². The van der Waals surface area contributed by atoms with Crippen LogP contribution in [0.1, 0.15) is 55.0 Å². The molecule has 0 saturated heterocycles. The highest BCUT2D eigenvalue weighted by atomic mass is 15.1. The van der Waals surface area contributed by atoms with Gasteiger partial charge in [0.1, 0.15) is 0 Å². The molecular formula is C12H19N3. The Bertz CT molecular complexity index is 365. The van der Waals surface area contributed by atoms with Crippen molar-refractivity contribution in [1.29, 1.82) is 0 Å². The SMILES string of the molecule is CC1Cc2[nH]nc(C3CC3)c2C1CCN. The van der Waals surface area contributed by atoms with Gasteiger partial charge in [-0.15, -0.1) is 0 Å². The molecule has 2 unspecified atom stereocenters. The first-order valence-corrected chi connectivity index (χ1v) is 6.08.